The summed E-state index contributed by atoms with van der Waals surface area (Å²) in [5, 5.41) is 29.2. The minimum Gasteiger partial charge on any atom is -0.477 e. The summed E-state index contributed by atoms with van der Waals surface area (Å²) in [7, 11) is 0. The zero-order valence-corrected chi connectivity index (χ0v) is 15.2. The molecule has 4 atom stereocenters. The average Bonchev–Trinajstić information content (AvgIpc) is 2.68. The maximum Gasteiger partial charge on any atom is 0.416 e. The fourth-order valence-corrected chi connectivity index (χ4v) is 3.80. The highest BCUT2D eigenvalue weighted by molar-refractivity contribution is 7.99. The van der Waals surface area contributed by atoms with Crippen LogP contribution >= 0.6 is 11.8 Å². The molecule has 0 spiro atoms. The third-order valence-electron chi connectivity index (χ3n) is 4.30. The summed E-state index contributed by atoms with van der Waals surface area (Å²) in [5.74, 6) is 0.0999. The molecule has 0 aromatic heterocycles. The number of carbonyl (C=O) groups excluding carboxylic acids is 1. The number of rotatable bonds is 4. The van der Waals surface area contributed by atoms with Gasteiger partial charge in [-0.2, -0.15) is 13.2 Å². The minimum atomic E-state index is -4.47. The van der Waals surface area contributed by atoms with Crippen LogP contribution in [0.15, 0.2) is 48.5 Å². The van der Waals surface area contributed by atoms with Crippen LogP contribution in [0.25, 0.3) is 0 Å². The van der Waals surface area contributed by atoms with Gasteiger partial charge in [0.05, 0.1) is 11.7 Å². The summed E-state index contributed by atoms with van der Waals surface area (Å²) < 4.78 is 43.4. The fraction of sp³-hybridized carbons (Fsp3) is 0.316. The topological polar surface area (TPSA) is 87.0 Å². The van der Waals surface area contributed by atoms with Crippen LogP contribution in [0, 0.1) is 0 Å². The normalized spacial score (nSPS) is 25.4. The average molecular weight is 414 g/mol. The van der Waals surface area contributed by atoms with E-state index >= 15 is 0 Å². The van der Waals surface area contributed by atoms with Gasteiger partial charge in [0.2, 0.25) is 0 Å². The van der Waals surface area contributed by atoms with E-state index in [0.717, 1.165) is 36.0 Å². The van der Waals surface area contributed by atoms with Crippen molar-refractivity contribution < 1.29 is 38.0 Å². The SMILES string of the molecule is O=C(c1ccc(OC2SC[C@@H](O)[C@H](O)[C@H]2O)cc1)c1ccc(C(F)(F)F)cc1. The van der Waals surface area contributed by atoms with Gasteiger partial charge in [-0.1, -0.05) is 12.1 Å². The van der Waals surface area contributed by atoms with E-state index in [1.54, 1.807) is 0 Å². The number of thioether (sulfide) groups is 1. The molecule has 5 nitrogen and oxygen atoms in total. The Balaban J connectivity index is 1.68. The molecule has 1 unspecified atom stereocenters. The maximum atomic E-state index is 12.6. The summed E-state index contributed by atoms with van der Waals surface area (Å²) in [5.41, 5.74) is -1.23. The van der Waals surface area contributed by atoms with Crippen LogP contribution in [0.3, 0.4) is 0 Å². The molecule has 3 rings (SSSR count). The second kappa shape index (κ2) is 8.12. The van der Waals surface area contributed by atoms with Crippen molar-refractivity contribution in [3.8, 4) is 5.75 Å². The van der Waals surface area contributed by atoms with Gasteiger partial charge in [-0.3, -0.25) is 4.79 Å². The molecule has 9 heteroatoms. The lowest BCUT2D eigenvalue weighted by molar-refractivity contribution is -0.137. The molecule has 2 aromatic carbocycles. The summed E-state index contributed by atoms with van der Waals surface area (Å²) in [6, 6.07) is 9.85. The van der Waals surface area contributed by atoms with Crippen molar-refractivity contribution in [2.75, 3.05) is 5.75 Å². The van der Waals surface area contributed by atoms with Crippen LogP contribution in [0.2, 0.25) is 0 Å². The summed E-state index contributed by atoms with van der Waals surface area (Å²) >= 11 is 1.15. The fourth-order valence-electron chi connectivity index (χ4n) is 2.68. The number of ether oxygens (including phenoxy) is 1. The molecule has 3 N–H and O–H groups in total. The van der Waals surface area contributed by atoms with E-state index in [0.29, 0.717) is 5.75 Å². The first kappa shape index (κ1) is 20.7. The predicted octanol–water partition coefficient (Wildman–Crippen LogP) is 2.47. The molecule has 1 fully saturated rings. The molecule has 0 amide bonds. The van der Waals surface area contributed by atoms with Gasteiger partial charge in [-0.15, -0.1) is 11.8 Å². The zero-order chi connectivity index (χ0) is 20.5. The first-order chi connectivity index (χ1) is 13.2. The Hall–Kier alpha value is -2.07. The first-order valence-corrected chi connectivity index (χ1v) is 9.36. The van der Waals surface area contributed by atoms with Crippen LogP contribution in [-0.4, -0.2) is 50.6 Å². The van der Waals surface area contributed by atoms with Gasteiger partial charge in [-0.05, 0) is 36.4 Å². The lowest BCUT2D eigenvalue weighted by atomic mass is 10.0. The number of carbonyl (C=O) groups is 1. The molecular weight excluding hydrogens is 397 g/mol. The van der Waals surface area contributed by atoms with Crippen molar-refractivity contribution in [3.63, 3.8) is 0 Å². The second-order valence-corrected chi connectivity index (χ2v) is 7.43. The molecule has 1 saturated heterocycles. The lowest BCUT2D eigenvalue weighted by Crippen LogP contribution is -2.50. The first-order valence-electron chi connectivity index (χ1n) is 8.31. The second-order valence-electron chi connectivity index (χ2n) is 6.30. The highest BCUT2D eigenvalue weighted by atomic mass is 32.2. The van der Waals surface area contributed by atoms with Gasteiger partial charge in [-0.25, -0.2) is 0 Å². The Bertz CT molecular complexity index is 823. The van der Waals surface area contributed by atoms with Crippen LogP contribution in [0.5, 0.6) is 5.75 Å². The number of benzene rings is 2. The van der Waals surface area contributed by atoms with E-state index in [2.05, 4.69) is 0 Å². The Morgan fingerprint density at radius 1 is 0.929 bits per heavy atom. The molecule has 0 saturated carbocycles. The van der Waals surface area contributed by atoms with Crippen LogP contribution in [0.1, 0.15) is 21.5 Å². The van der Waals surface area contributed by atoms with E-state index in [-0.39, 0.29) is 16.9 Å². The lowest BCUT2D eigenvalue weighted by Gasteiger charge is -2.34. The van der Waals surface area contributed by atoms with Crippen LogP contribution in [-0.2, 0) is 6.18 Å². The van der Waals surface area contributed by atoms with Crippen molar-refractivity contribution in [1.29, 1.82) is 0 Å². The molecule has 0 aliphatic carbocycles. The standard InChI is InChI=1S/C19H17F3O5S/c20-19(21,22)12-5-1-10(2-6-12)15(24)11-3-7-13(8-4-11)27-18-17(26)16(25)14(23)9-28-18/h1-8,14,16-18,23,25-26H,9H2/t14-,16+,17-,18?/m1/s1. The third kappa shape index (κ3) is 4.49. The van der Waals surface area contributed by atoms with Gasteiger partial charge in [0.1, 0.15) is 18.0 Å². The van der Waals surface area contributed by atoms with Crippen molar-refractivity contribution in [2.24, 2.45) is 0 Å². The summed E-state index contributed by atoms with van der Waals surface area (Å²) in [6.45, 7) is 0. The number of hydrogen-bond donors (Lipinski definition) is 3. The molecule has 150 valence electrons. The van der Waals surface area contributed by atoms with Crippen molar-refractivity contribution in [3.05, 3.63) is 65.2 Å². The highest BCUT2D eigenvalue weighted by Crippen LogP contribution is 2.31. The largest absolute Gasteiger partial charge is 0.477 e. The molecule has 0 radical (unpaired) electrons. The van der Waals surface area contributed by atoms with Crippen LogP contribution < -0.4 is 4.74 Å². The smallest absolute Gasteiger partial charge is 0.416 e. The van der Waals surface area contributed by atoms with E-state index in [1.165, 1.54) is 24.3 Å². The number of alkyl halides is 3. The van der Waals surface area contributed by atoms with E-state index < -0.39 is 41.3 Å². The Kier molecular flexibility index (Phi) is 5.99. The molecule has 1 aliphatic rings. The molecule has 2 aromatic rings. The van der Waals surface area contributed by atoms with E-state index in [1.807, 2.05) is 0 Å². The quantitative estimate of drug-likeness (QED) is 0.667. The maximum absolute atomic E-state index is 12.6. The predicted molar refractivity (Wildman–Crippen MR) is 96.2 cm³/mol. The van der Waals surface area contributed by atoms with Crippen LogP contribution in [0.4, 0.5) is 13.2 Å². The van der Waals surface area contributed by atoms with E-state index in [4.69, 9.17) is 4.74 Å². The Morgan fingerprint density at radius 2 is 1.46 bits per heavy atom. The van der Waals surface area contributed by atoms with Gasteiger partial charge in [0, 0.05) is 16.9 Å². The van der Waals surface area contributed by atoms with Gasteiger partial charge in [0.15, 0.2) is 11.2 Å². The van der Waals surface area contributed by atoms with E-state index in [9.17, 15) is 33.3 Å². The Morgan fingerprint density at radius 3 is 2.00 bits per heavy atom. The molecule has 0 bridgehead atoms. The summed E-state index contributed by atoms with van der Waals surface area (Å²) in [4.78, 5) is 12.4. The Labute approximate surface area is 162 Å². The number of aliphatic hydroxyl groups is 3. The summed E-state index contributed by atoms with van der Waals surface area (Å²) in [6.07, 6.45) is -8.09. The molecule has 1 aliphatic heterocycles. The molecule has 28 heavy (non-hydrogen) atoms. The molecule has 1 heterocycles. The van der Waals surface area contributed by atoms with Gasteiger partial charge in [0.25, 0.3) is 0 Å². The van der Waals surface area contributed by atoms with Gasteiger partial charge < -0.3 is 20.1 Å². The zero-order valence-electron chi connectivity index (χ0n) is 14.3. The number of hydrogen-bond acceptors (Lipinski definition) is 6. The minimum absolute atomic E-state index is 0.122. The van der Waals surface area contributed by atoms with Crippen molar-refractivity contribution in [1.82, 2.24) is 0 Å². The molecular formula is C19H17F3O5S. The number of ketones is 1. The number of aliphatic hydroxyl groups excluding tert-OH is 3. The monoisotopic (exact) mass is 414 g/mol. The van der Waals surface area contributed by atoms with Gasteiger partial charge >= 0.3 is 6.18 Å². The van der Waals surface area contributed by atoms with Crippen molar-refractivity contribution in [2.45, 2.75) is 29.9 Å². The highest BCUT2D eigenvalue weighted by Gasteiger charge is 2.38. The third-order valence-corrected chi connectivity index (χ3v) is 5.53. The van der Waals surface area contributed by atoms with Crippen molar-refractivity contribution >= 4 is 17.5 Å². The number of halogens is 3.